The molecule has 0 radical (unpaired) electrons. The van der Waals surface area contributed by atoms with Crippen LogP contribution in [0.1, 0.15) is 37.9 Å². The molecule has 3 N–H and O–H groups in total. The highest BCUT2D eigenvalue weighted by Gasteiger charge is 2.13. The molecule has 0 atom stereocenters. The molecular weight excluding hydrogens is 224 g/mol. The Hall–Kier alpha value is -1.24. The quantitative estimate of drug-likeness (QED) is 0.668. The first-order chi connectivity index (χ1) is 7.84. The highest BCUT2D eigenvalue weighted by Crippen LogP contribution is 2.17. The van der Waals surface area contributed by atoms with Crippen molar-refractivity contribution in [3.8, 4) is 0 Å². The van der Waals surface area contributed by atoms with E-state index in [0.717, 1.165) is 0 Å². The van der Waals surface area contributed by atoms with Crippen LogP contribution in [0.4, 0.5) is 0 Å². The molecule has 0 aromatic carbocycles. The van der Waals surface area contributed by atoms with Crippen molar-refractivity contribution < 1.29 is 0 Å². The van der Waals surface area contributed by atoms with E-state index in [9.17, 15) is 0 Å². The molecule has 0 bridgehead atoms. The van der Waals surface area contributed by atoms with Gasteiger partial charge >= 0.3 is 0 Å². The topological polar surface area (TPSA) is 78.5 Å². The molecule has 1 saturated carbocycles. The van der Waals surface area contributed by atoms with E-state index >= 15 is 0 Å². The number of tetrazole rings is 1. The van der Waals surface area contributed by atoms with E-state index < -0.39 is 0 Å². The molecule has 1 aliphatic carbocycles. The molecule has 88 valence electrons. The highest BCUT2D eigenvalue weighted by molar-refractivity contribution is 7.80. The number of thiocarbonyl (C=S) groups is 1. The lowest BCUT2D eigenvalue weighted by atomic mass is 9.96. The first kappa shape index (κ1) is 11.3. The van der Waals surface area contributed by atoms with Crippen molar-refractivity contribution in [2.75, 3.05) is 0 Å². The molecular formula is C9H16N6S. The molecule has 1 aliphatic rings. The van der Waals surface area contributed by atoms with Crippen LogP contribution in [0.15, 0.2) is 0 Å². The first-order valence-corrected chi connectivity index (χ1v) is 6.02. The lowest BCUT2D eigenvalue weighted by Gasteiger charge is -2.24. The Morgan fingerprint density at radius 2 is 2.19 bits per heavy atom. The Labute approximate surface area is 99.6 Å². The summed E-state index contributed by atoms with van der Waals surface area (Å²) in [5, 5.41) is 20.6. The largest absolute Gasteiger partial charge is 0.360 e. The third kappa shape index (κ3) is 3.41. The molecule has 16 heavy (non-hydrogen) atoms. The Kier molecular flexibility index (Phi) is 4.03. The summed E-state index contributed by atoms with van der Waals surface area (Å²) in [5.74, 6) is 0.618. The van der Waals surface area contributed by atoms with Gasteiger partial charge in [0, 0.05) is 6.04 Å². The van der Waals surface area contributed by atoms with Crippen LogP contribution in [-0.2, 0) is 6.54 Å². The minimum Gasteiger partial charge on any atom is -0.360 e. The van der Waals surface area contributed by atoms with Crippen LogP contribution in [0.25, 0.3) is 0 Å². The first-order valence-electron chi connectivity index (χ1n) is 5.61. The van der Waals surface area contributed by atoms with Gasteiger partial charge in [-0.3, -0.25) is 0 Å². The minimum atomic E-state index is 0.509. The molecule has 0 saturated heterocycles. The molecule has 1 aromatic rings. The van der Waals surface area contributed by atoms with Crippen molar-refractivity contribution in [1.82, 2.24) is 31.3 Å². The SMILES string of the molecule is S=C(NCc1nn[nH]n1)NC1CCCCC1. The Bertz CT molecular complexity index is 319. The summed E-state index contributed by atoms with van der Waals surface area (Å²) in [6.07, 6.45) is 6.37. The highest BCUT2D eigenvalue weighted by atomic mass is 32.1. The number of aromatic nitrogens is 4. The molecule has 1 heterocycles. The van der Waals surface area contributed by atoms with Crippen LogP contribution in [0.2, 0.25) is 0 Å². The van der Waals surface area contributed by atoms with Crippen LogP contribution < -0.4 is 10.6 Å². The average Bonchev–Trinajstić information content (AvgIpc) is 2.81. The van der Waals surface area contributed by atoms with E-state index in [1.54, 1.807) is 0 Å². The van der Waals surface area contributed by atoms with Gasteiger partial charge in [-0.05, 0) is 25.1 Å². The van der Waals surface area contributed by atoms with Gasteiger partial charge < -0.3 is 10.6 Å². The van der Waals surface area contributed by atoms with E-state index in [1.165, 1.54) is 32.1 Å². The van der Waals surface area contributed by atoms with Gasteiger partial charge in [0.1, 0.15) is 0 Å². The Morgan fingerprint density at radius 3 is 2.88 bits per heavy atom. The molecule has 0 aliphatic heterocycles. The maximum absolute atomic E-state index is 5.20. The van der Waals surface area contributed by atoms with Gasteiger partial charge in [0.25, 0.3) is 0 Å². The maximum Gasteiger partial charge on any atom is 0.193 e. The number of hydrogen-bond donors (Lipinski definition) is 3. The molecule has 1 aromatic heterocycles. The van der Waals surface area contributed by atoms with Crippen molar-refractivity contribution in [3.05, 3.63) is 5.82 Å². The van der Waals surface area contributed by atoms with Crippen LogP contribution in [0.3, 0.4) is 0 Å². The summed E-state index contributed by atoms with van der Waals surface area (Å²) in [7, 11) is 0. The number of nitrogens with one attached hydrogen (secondary N) is 3. The van der Waals surface area contributed by atoms with Gasteiger partial charge in [-0.2, -0.15) is 5.21 Å². The minimum absolute atomic E-state index is 0.509. The van der Waals surface area contributed by atoms with E-state index in [1.807, 2.05) is 0 Å². The van der Waals surface area contributed by atoms with Gasteiger partial charge in [-0.25, -0.2) is 0 Å². The fraction of sp³-hybridized carbons (Fsp3) is 0.778. The van der Waals surface area contributed by atoms with Crippen molar-refractivity contribution in [1.29, 1.82) is 0 Å². The molecule has 0 amide bonds. The van der Waals surface area contributed by atoms with Gasteiger partial charge in [-0.15, -0.1) is 10.2 Å². The summed E-state index contributed by atoms with van der Waals surface area (Å²) in [5.41, 5.74) is 0. The van der Waals surface area contributed by atoms with Crippen LogP contribution in [0.5, 0.6) is 0 Å². The van der Waals surface area contributed by atoms with E-state index in [4.69, 9.17) is 12.2 Å². The zero-order chi connectivity index (χ0) is 11.2. The van der Waals surface area contributed by atoms with E-state index in [2.05, 4.69) is 31.3 Å². The molecule has 0 unspecified atom stereocenters. The maximum atomic E-state index is 5.20. The summed E-state index contributed by atoms with van der Waals surface area (Å²) in [6.45, 7) is 0.509. The lowest BCUT2D eigenvalue weighted by molar-refractivity contribution is 0.412. The standard InChI is InChI=1S/C9H16N6S/c16-9(10-6-8-12-14-15-13-8)11-7-4-2-1-3-5-7/h7H,1-6H2,(H2,10,11,16)(H,12,13,14,15). The summed E-state index contributed by atoms with van der Waals surface area (Å²) in [4.78, 5) is 0. The molecule has 0 spiro atoms. The predicted octanol–water partition coefficient (Wildman–Crippen LogP) is 0.496. The van der Waals surface area contributed by atoms with Crippen molar-refractivity contribution in [2.45, 2.75) is 44.7 Å². The fourth-order valence-corrected chi connectivity index (χ4v) is 2.14. The molecule has 2 rings (SSSR count). The van der Waals surface area contributed by atoms with Crippen LogP contribution in [0, 0.1) is 0 Å². The van der Waals surface area contributed by atoms with Crippen LogP contribution in [-0.4, -0.2) is 31.8 Å². The summed E-state index contributed by atoms with van der Waals surface area (Å²) in [6, 6.07) is 0.527. The van der Waals surface area contributed by atoms with Gasteiger partial charge in [0.2, 0.25) is 0 Å². The predicted molar refractivity (Wildman–Crippen MR) is 63.6 cm³/mol. The number of rotatable bonds is 3. The number of hydrogen-bond acceptors (Lipinski definition) is 4. The van der Waals surface area contributed by atoms with Crippen molar-refractivity contribution in [3.63, 3.8) is 0 Å². The van der Waals surface area contributed by atoms with Crippen LogP contribution >= 0.6 is 12.2 Å². The zero-order valence-corrected chi connectivity index (χ0v) is 9.89. The Balaban J connectivity index is 1.67. The summed E-state index contributed by atoms with van der Waals surface area (Å²) >= 11 is 5.20. The van der Waals surface area contributed by atoms with Gasteiger partial charge in [0.15, 0.2) is 10.9 Å². The Morgan fingerprint density at radius 1 is 1.38 bits per heavy atom. The third-order valence-electron chi connectivity index (χ3n) is 2.74. The smallest absolute Gasteiger partial charge is 0.193 e. The fourth-order valence-electron chi connectivity index (χ4n) is 1.90. The summed E-state index contributed by atoms with van der Waals surface area (Å²) < 4.78 is 0. The second-order valence-corrected chi connectivity index (χ2v) is 4.40. The molecule has 7 heteroatoms. The normalized spacial score (nSPS) is 17.0. The monoisotopic (exact) mass is 240 g/mol. The lowest BCUT2D eigenvalue weighted by Crippen LogP contribution is -2.42. The van der Waals surface area contributed by atoms with Gasteiger partial charge in [0.05, 0.1) is 6.54 Å². The number of nitrogens with zero attached hydrogens (tertiary/aromatic N) is 3. The van der Waals surface area contributed by atoms with Crippen molar-refractivity contribution >= 4 is 17.3 Å². The third-order valence-corrected chi connectivity index (χ3v) is 3.00. The van der Waals surface area contributed by atoms with Gasteiger partial charge in [-0.1, -0.05) is 24.5 Å². The number of H-pyrrole nitrogens is 1. The molecule has 1 fully saturated rings. The number of aromatic amines is 1. The van der Waals surface area contributed by atoms with E-state index in [-0.39, 0.29) is 0 Å². The second kappa shape index (κ2) is 5.74. The zero-order valence-electron chi connectivity index (χ0n) is 9.07. The van der Waals surface area contributed by atoms with E-state index in [0.29, 0.717) is 23.5 Å². The molecule has 6 nitrogen and oxygen atoms in total. The average molecular weight is 240 g/mol. The second-order valence-electron chi connectivity index (χ2n) is 3.99. The van der Waals surface area contributed by atoms with Crippen molar-refractivity contribution in [2.24, 2.45) is 0 Å².